The fourth-order valence-electron chi connectivity index (χ4n) is 1.83. The Bertz CT molecular complexity index is 352. The van der Waals surface area contributed by atoms with Gasteiger partial charge in [0.15, 0.2) is 0 Å². The maximum atomic E-state index is 6.32. The lowest BCUT2D eigenvalue weighted by Gasteiger charge is -2.12. The molecule has 0 spiro atoms. The normalized spacial score (nSPS) is 13.0. The highest BCUT2D eigenvalue weighted by Gasteiger charge is 2.16. The average Bonchev–Trinajstić information content (AvgIpc) is 2.63. The van der Waals surface area contributed by atoms with Crippen LogP contribution in [-0.4, -0.2) is 29.5 Å². The molecular weight excluding hydrogens is 238 g/mol. The summed E-state index contributed by atoms with van der Waals surface area (Å²) in [4.78, 5) is 0. The summed E-state index contributed by atoms with van der Waals surface area (Å²) in [5, 5.41) is 5.26. The minimum absolute atomic E-state index is 0.0687. The van der Waals surface area contributed by atoms with Crippen LogP contribution < -0.4 is 5.73 Å². The Morgan fingerprint density at radius 2 is 2.18 bits per heavy atom. The Kier molecular flexibility index (Phi) is 5.95. The van der Waals surface area contributed by atoms with E-state index in [1.54, 1.807) is 7.11 Å². The third-order valence-electron chi connectivity index (χ3n) is 2.84. The second-order valence-corrected chi connectivity index (χ2v) is 4.50. The number of hydrogen-bond donors (Lipinski definition) is 1. The van der Waals surface area contributed by atoms with Crippen molar-refractivity contribution in [3.05, 3.63) is 16.4 Å². The zero-order valence-electron chi connectivity index (χ0n) is 10.9. The number of methoxy groups -OCH3 is 1. The second kappa shape index (κ2) is 6.99. The van der Waals surface area contributed by atoms with Gasteiger partial charge in [-0.25, -0.2) is 0 Å². The van der Waals surface area contributed by atoms with Gasteiger partial charge in [-0.15, -0.1) is 0 Å². The summed E-state index contributed by atoms with van der Waals surface area (Å²) in [6.45, 7) is 5.63. The molecule has 1 aromatic rings. The van der Waals surface area contributed by atoms with Crippen LogP contribution in [0.15, 0.2) is 0 Å². The number of ether oxygens (including phenoxy) is 1. The lowest BCUT2D eigenvalue weighted by molar-refractivity contribution is 0.187. The van der Waals surface area contributed by atoms with Crippen LogP contribution in [0.1, 0.15) is 31.7 Å². The van der Waals surface area contributed by atoms with E-state index in [0.717, 1.165) is 42.2 Å². The number of aryl methyl sites for hydroxylation is 2. The van der Waals surface area contributed by atoms with Crippen LogP contribution in [-0.2, 0) is 24.1 Å². The monoisotopic (exact) mass is 259 g/mol. The van der Waals surface area contributed by atoms with Crippen molar-refractivity contribution in [3.8, 4) is 0 Å². The summed E-state index contributed by atoms with van der Waals surface area (Å²) < 4.78 is 6.98. The molecule has 2 N–H and O–H groups in total. The van der Waals surface area contributed by atoms with E-state index in [4.69, 9.17) is 22.1 Å². The lowest BCUT2D eigenvalue weighted by Crippen LogP contribution is -2.26. The Hall–Kier alpha value is -0.580. The van der Waals surface area contributed by atoms with E-state index in [1.807, 2.05) is 4.68 Å². The van der Waals surface area contributed by atoms with Gasteiger partial charge >= 0.3 is 0 Å². The van der Waals surface area contributed by atoms with Crippen molar-refractivity contribution in [2.75, 3.05) is 13.7 Å². The summed E-state index contributed by atoms with van der Waals surface area (Å²) in [5.41, 5.74) is 8.07. The van der Waals surface area contributed by atoms with Gasteiger partial charge in [0.1, 0.15) is 0 Å². The molecule has 0 fully saturated rings. The van der Waals surface area contributed by atoms with Crippen molar-refractivity contribution in [2.24, 2.45) is 5.73 Å². The molecule has 1 rings (SSSR count). The molecule has 0 radical (unpaired) electrons. The molecule has 0 aliphatic rings. The van der Waals surface area contributed by atoms with Crippen molar-refractivity contribution in [1.29, 1.82) is 0 Å². The van der Waals surface area contributed by atoms with Crippen LogP contribution in [0.25, 0.3) is 0 Å². The molecule has 0 aromatic carbocycles. The highest BCUT2D eigenvalue weighted by Crippen LogP contribution is 2.23. The topological polar surface area (TPSA) is 53.1 Å². The maximum absolute atomic E-state index is 6.32. The van der Waals surface area contributed by atoms with Gasteiger partial charge in [-0.1, -0.05) is 18.5 Å². The summed E-state index contributed by atoms with van der Waals surface area (Å²) in [6.07, 6.45) is 2.44. The van der Waals surface area contributed by atoms with Crippen LogP contribution >= 0.6 is 11.6 Å². The van der Waals surface area contributed by atoms with E-state index in [0.29, 0.717) is 6.61 Å². The zero-order chi connectivity index (χ0) is 12.8. The predicted octanol–water partition coefficient (Wildman–Crippen LogP) is 2.03. The van der Waals surface area contributed by atoms with E-state index in [2.05, 4.69) is 18.9 Å². The molecule has 0 saturated carbocycles. The van der Waals surface area contributed by atoms with E-state index in [9.17, 15) is 0 Å². The van der Waals surface area contributed by atoms with Gasteiger partial charge in [-0.2, -0.15) is 5.10 Å². The number of nitrogens with two attached hydrogens (primary N) is 1. The van der Waals surface area contributed by atoms with Crippen LogP contribution in [0, 0.1) is 0 Å². The average molecular weight is 260 g/mol. The summed E-state index contributed by atoms with van der Waals surface area (Å²) in [7, 11) is 1.69. The van der Waals surface area contributed by atoms with Crippen LogP contribution in [0.5, 0.6) is 0 Å². The zero-order valence-corrected chi connectivity index (χ0v) is 11.6. The van der Waals surface area contributed by atoms with Crippen molar-refractivity contribution in [2.45, 2.75) is 45.7 Å². The lowest BCUT2D eigenvalue weighted by atomic mass is 10.1. The summed E-state index contributed by atoms with van der Waals surface area (Å²) in [5.74, 6) is 0. The molecule has 1 atom stereocenters. The number of aromatic nitrogens is 2. The molecule has 0 aliphatic carbocycles. The third-order valence-corrected chi connectivity index (χ3v) is 3.28. The van der Waals surface area contributed by atoms with Gasteiger partial charge in [-0.3, -0.25) is 4.68 Å². The second-order valence-electron chi connectivity index (χ2n) is 4.12. The number of halogens is 1. The first-order chi connectivity index (χ1) is 8.13. The molecule has 1 unspecified atom stereocenters. The molecule has 0 aliphatic heterocycles. The van der Waals surface area contributed by atoms with Crippen molar-refractivity contribution in [1.82, 2.24) is 9.78 Å². The fraction of sp³-hybridized carbons (Fsp3) is 0.750. The minimum Gasteiger partial charge on any atom is -0.385 e. The maximum Gasteiger partial charge on any atom is 0.0850 e. The molecule has 4 nitrogen and oxygen atoms in total. The number of rotatable bonds is 7. The Balaban J connectivity index is 2.78. The molecule has 0 bridgehead atoms. The van der Waals surface area contributed by atoms with E-state index in [-0.39, 0.29) is 6.04 Å². The van der Waals surface area contributed by atoms with E-state index in [1.165, 1.54) is 0 Å². The van der Waals surface area contributed by atoms with Crippen LogP contribution in [0.4, 0.5) is 0 Å². The molecule has 0 saturated heterocycles. The molecule has 98 valence electrons. The van der Waals surface area contributed by atoms with Gasteiger partial charge in [0.05, 0.1) is 16.4 Å². The van der Waals surface area contributed by atoms with Gasteiger partial charge in [0.2, 0.25) is 0 Å². The van der Waals surface area contributed by atoms with Crippen LogP contribution in [0.3, 0.4) is 0 Å². The largest absolute Gasteiger partial charge is 0.385 e. The number of nitrogens with zero attached hydrogens (tertiary/aromatic N) is 2. The number of hydrogen-bond acceptors (Lipinski definition) is 3. The standard InChI is InChI=1S/C12H22ClN3O/c1-4-10-12(13)11(16(5-2)15-10)8-9(14)6-7-17-3/h9H,4-8,14H2,1-3H3. The first-order valence-corrected chi connectivity index (χ1v) is 6.50. The third kappa shape index (κ3) is 3.69. The SMILES string of the molecule is CCc1nn(CC)c(CC(N)CCOC)c1Cl. The van der Waals surface area contributed by atoms with Crippen molar-refractivity contribution in [3.63, 3.8) is 0 Å². The van der Waals surface area contributed by atoms with Gasteiger partial charge in [-0.05, 0) is 19.8 Å². The summed E-state index contributed by atoms with van der Waals surface area (Å²) in [6, 6.07) is 0.0687. The van der Waals surface area contributed by atoms with Crippen molar-refractivity contribution >= 4 is 11.6 Å². The first-order valence-electron chi connectivity index (χ1n) is 6.12. The van der Waals surface area contributed by atoms with Gasteiger partial charge in [0, 0.05) is 32.7 Å². The molecule has 5 heteroatoms. The molecule has 17 heavy (non-hydrogen) atoms. The predicted molar refractivity (Wildman–Crippen MR) is 70.5 cm³/mol. The summed E-state index contributed by atoms with van der Waals surface area (Å²) >= 11 is 6.32. The van der Waals surface area contributed by atoms with Crippen molar-refractivity contribution < 1.29 is 4.74 Å². The first kappa shape index (κ1) is 14.5. The Morgan fingerprint density at radius 3 is 2.71 bits per heavy atom. The molecular formula is C12H22ClN3O. The van der Waals surface area contributed by atoms with Gasteiger partial charge in [0.25, 0.3) is 0 Å². The minimum atomic E-state index is 0.0687. The molecule has 1 aromatic heterocycles. The van der Waals surface area contributed by atoms with Crippen LogP contribution in [0.2, 0.25) is 5.02 Å². The Labute approximate surface area is 108 Å². The van der Waals surface area contributed by atoms with E-state index < -0.39 is 0 Å². The molecule has 0 amide bonds. The fourth-order valence-corrected chi connectivity index (χ4v) is 2.18. The van der Waals surface area contributed by atoms with Gasteiger partial charge < -0.3 is 10.5 Å². The highest BCUT2D eigenvalue weighted by molar-refractivity contribution is 6.31. The molecule has 1 heterocycles. The highest BCUT2D eigenvalue weighted by atomic mass is 35.5. The smallest absolute Gasteiger partial charge is 0.0850 e. The van der Waals surface area contributed by atoms with E-state index >= 15 is 0 Å². The quantitative estimate of drug-likeness (QED) is 0.815. The Morgan fingerprint density at radius 1 is 1.47 bits per heavy atom.